The number of rotatable bonds is 5. The number of hydrogen-bond acceptors (Lipinski definition) is 10. The van der Waals surface area contributed by atoms with Gasteiger partial charge in [-0.15, -0.1) is 10.2 Å². The van der Waals surface area contributed by atoms with Crippen LogP contribution < -0.4 is 20.9 Å². The number of nitrogens with zero attached hydrogens (tertiary/aromatic N) is 6. The van der Waals surface area contributed by atoms with Crippen LogP contribution in [0.25, 0.3) is 22.2 Å². The van der Waals surface area contributed by atoms with E-state index in [1.807, 2.05) is 42.5 Å². The Hall–Kier alpha value is -5.63. The molecule has 41 heavy (non-hydrogen) atoms. The quantitative estimate of drug-likeness (QED) is 0.281. The van der Waals surface area contributed by atoms with Crippen LogP contribution >= 0.6 is 0 Å². The average Bonchev–Trinajstić information content (AvgIpc) is 3.45. The van der Waals surface area contributed by atoms with Crippen molar-refractivity contribution in [3.05, 3.63) is 84.5 Å². The molecule has 1 aliphatic heterocycles. The minimum absolute atomic E-state index is 0.131. The van der Waals surface area contributed by atoms with Gasteiger partial charge in [0, 0.05) is 43.3 Å². The van der Waals surface area contributed by atoms with Gasteiger partial charge < -0.3 is 30.4 Å². The number of aromatic nitrogens is 4. The van der Waals surface area contributed by atoms with Gasteiger partial charge in [0.1, 0.15) is 17.2 Å². The fourth-order valence-electron chi connectivity index (χ4n) is 4.66. The van der Waals surface area contributed by atoms with Crippen LogP contribution in [0.4, 0.5) is 17.3 Å². The molecule has 3 aromatic heterocycles. The lowest BCUT2D eigenvalue weighted by atomic mass is 10.1. The van der Waals surface area contributed by atoms with Gasteiger partial charge in [-0.3, -0.25) is 4.79 Å². The van der Waals surface area contributed by atoms with Gasteiger partial charge in [0.25, 0.3) is 5.91 Å². The van der Waals surface area contributed by atoms with E-state index in [0.717, 1.165) is 16.9 Å². The van der Waals surface area contributed by atoms with Crippen molar-refractivity contribution in [3.8, 4) is 28.8 Å². The number of piperazine rings is 1. The number of nitrogen functional groups attached to an aromatic ring is 1. The lowest BCUT2D eigenvalue weighted by Crippen LogP contribution is -2.47. The number of carbonyl (C=O) groups is 1. The van der Waals surface area contributed by atoms with Gasteiger partial charge in [0.05, 0.1) is 17.9 Å². The van der Waals surface area contributed by atoms with Crippen molar-refractivity contribution >= 4 is 34.2 Å². The van der Waals surface area contributed by atoms with Gasteiger partial charge in [0.2, 0.25) is 5.82 Å². The van der Waals surface area contributed by atoms with E-state index in [1.165, 1.54) is 0 Å². The molecule has 1 aliphatic rings. The van der Waals surface area contributed by atoms with Gasteiger partial charge >= 0.3 is 0 Å². The van der Waals surface area contributed by atoms with Crippen LogP contribution in [0.15, 0.2) is 77.3 Å². The Labute approximate surface area is 235 Å². The van der Waals surface area contributed by atoms with Crippen molar-refractivity contribution in [3.63, 3.8) is 0 Å². The first-order valence-electron chi connectivity index (χ1n) is 13.1. The number of carbonyl (C=O) groups excluding carboxylic acids is 1. The molecule has 6 rings (SSSR count). The minimum atomic E-state index is -0.333. The average molecular weight is 547 g/mol. The summed E-state index contributed by atoms with van der Waals surface area (Å²) in [5, 5.41) is 22.1. The fourth-order valence-corrected chi connectivity index (χ4v) is 4.66. The van der Waals surface area contributed by atoms with Gasteiger partial charge in [-0.1, -0.05) is 36.3 Å². The van der Waals surface area contributed by atoms with E-state index in [0.29, 0.717) is 54.7 Å². The summed E-state index contributed by atoms with van der Waals surface area (Å²) < 4.78 is 5.58. The minimum Gasteiger partial charge on any atom is -0.507 e. The molecular formula is C30H26N8O3. The predicted octanol–water partition coefficient (Wildman–Crippen LogP) is 3.08. The Balaban J connectivity index is 1.07. The summed E-state index contributed by atoms with van der Waals surface area (Å²) in [5.74, 6) is 7.35. The first-order chi connectivity index (χ1) is 20.0. The molecule has 0 unspecified atom stereocenters. The monoisotopic (exact) mass is 546 g/mol. The molecule has 5 aromatic rings. The van der Waals surface area contributed by atoms with E-state index in [-0.39, 0.29) is 24.0 Å². The third-order valence-corrected chi connectivity index (χ3v) is 6.75. The lowest BCUT2D eigenvalue weighted by molar-refractivity contribution is 0.0933. The number of phenolic OH excluding ortho intramolecular Hbond substituents is 1. The molecule has 204 valence electrons. The maximum atomic E-state index is 12.4. The molecule has 1 fully saturated rings. The first kappa shape index (κ1) is 25.6. The van der Waals surface area contributed by atoms with Crippen molar-refractivity contribution in [2.24, 2.45) is 0 Å². The second-order valence-electron chi connectivity index (χ2n) is 9.36. The van der Waals surface area contributed by atoms with Crippen LogP contribution in [0.2, 0.25) is 0 Å². The number of para-hydroxylation sites is 2. The van der Waals surface area contributed by atoms with Gasteiger partial charge in [-0.05, 0) is 42.3 Å². The van der Waals surface area contributed by atoms with Crippen molar-refractivity contribution in [2.75, 3.05) is 48.3 Å². The van der Waals surface area contributed by atoms with Crippen molar-refractivity contribution in [1.29, 1.82) is 0 Å². The summed E-state index contributed by atoms with van der Waals surface area (Å²) >= 11 is 0. The largest absolute Gasteiger partial charge is 0.507 e. The highest BCUT2D eigenvalue weighted by molar-refractivity contribution is 5.96. The highest BCUT2D eigenvalue weighted by Gasteiger charge is 2.22. The number of aromatic hydroxyl groups is 1. The smallest absolute Gasteiger partial charge is 0.287 e. The van der Waals surface area contributed by atoms with Crippen molar-refractivity contribution < 1.29 is 14.3 Å². The van der Waals surface area contributed by atoms with E-state index >= 15 is 0 Å². The molecule has 0 spiro atoms. The summed E-state index contributed by atoms with van der Waals surface area (Å²) in [6, 6.07) is 19.9. The van der Waals surface area contributed by atoms with Gasteiger partial charge in [0.15, 0.2) is 11.6 Å². The molecule has 1 amide bonds. The van der Waals surface area contributed by atoms with E-state index in [4.69, 9.17) is 10.2 Å². The number of nitrogens with one attached hydrogen (secondary N) is 1. The maximum Gasteiger partial charge on any atom is 0.287 e. The number of amides is 1. The Kier molecular flexibility index (Phi) is 7.02. The SMILES string of the molecule is Nc1nnc(-c2ccccc2O)cc1N1CCN(c2ccnc(C#CCNC(=O)c3cc4ccccc4o3)n2)CC1. The van der Waals surface area contributed by atoms with E-state index in [1.54, 1.807) is 30.5 Å². The van der Waals surface area contributed by atoms with E-state index in [9.17, 15) is 9.90 Å². The summed E-state index contributed by atoms with van der Waals surface area (Å²) in [7, 11) is 0. The van der Waals surface area contributed by atoms with Crippen molar-refractivity contribution in [1.82, 2.24) is 25.5 Å². The highest BCUT2D eigenvalue weighted by atomic mass is 16.3. The number of fused-ring (bicyclic) bond motifs is 1. The first-order valence-corrected chi connectivity index (χ1v) is 13.1. The number of furan rings is 1. The summed E-state index contributed by atoms with van der Waals surface area (Å²) in [4.78, 5) is 25.6. The van der Waals surface area contributed by atoms with Gasteiger partial charge in [-0.25, -0.2) is 9.97 Å². The van der Waals surface area contributed by atoms with Crippen LogP contribution in [0, 0.1) is 11.8 Å². The second kappa shape index (κ2) is 11.2. The predicted molar refractivity (Wildman–Crippen MR) is 155 cm³/mol. The normalized spacial score (nSPS) is 13.1. The number of hydrogen-bond donors (Lipinski definition) is 3. The molecule has 0 atom stereocenters. The van der Waals surface area contributed by atoms with E-state index in [2.05, 4.69) is 47.1 Å². The molecular weight excluding hydrogens is 520 g/mol. The van der Waals surface area contributed by atoms with Crippen LogP contribution in [0.5, 0.6) is 5.75 Å². The Morgan fingerprint density at radius 3 is 2.61 bits per heavy atom. The maximum absolute atomic E-state index is 12.4. The summed E-state index contributed by atoms with van der Waals surface area (Å²) in [5.41, 5.74) is 8.76. The molecule has 0 saturated carbocycles. The Morgan fingerprint density at radius 2 is 1.78 bits per heavy atom. The Bertz CT molecular complexity index is 1750. The molecule has 2 aromatic carbocycles. The third-order valence-electron chi connectivity index (χ3n) is 6.75. The van der Waals surface area contributed by atoms with E-state index < -0.39 is 0 Å². The number of phenols is 1. The van der Waals surface area contributed by atoms with Crippen molar-refractivity contribution in [2.45, 2.75) is 0 Å². The highest BCUT2D eigenvalue weighted by Crippen LogP contribution is 2.32. The number of anilines is 3. The Morgan fingerprint density at radius 1 is 1.00 bits per heavy atom. The number of benzene rings is 2. The zero-order chi connectivity index (χ0) is 28.2. The summed E-state index contributed by atoms with van der Waals surface area (Å²) in [6.07, 6.45) is 1.68. The van der Waals surface area contributed by atoms with Crippen LogP contribution in [0.3, 0.4) is 0 Å². The molecule has 4 heterocycles. The molecule has 4 N–H and O–H groups in total. The third kappa shape index (κ3) is 5.58. The number of nitrogens with two attached hydrogens (primary N) is 1. The summed E-state index contributed by atoms with van der Waals surface area (Å²) in [6.45, 7) is 2.91. The molecule has 1 saturated heterocycles. The molecule has 0 radical (unpaired) electrons. The van der Waals surface area contributed by atoms with Crippen LogP contribution in [0.1, 0.15) is 16.4 Å². The fraction of sp³-hybridized carbons (Fsp3) is 0.167. The molecule has 11 nitrogen and oxygen atoms in total. The topological polar surface area (TPSA) is 147 Å². The lowest BCUT2D eigenvalue weighted by Gasteiger charge is -2.36. The zero-order valence-electron chi connectivity index (χ0n) is 22.0. The standard InChI is InChI=1S/C30H26N8O3/c31-29-23(19-22(35-36-29)21-7-2-3-8-24(21)39)37-14-16-38(17-15-37)28-11-13-32-27(34-28)10-5-12-33-30(40)26-18-20-6-1-4-9-25(20)41-26/h1-4,6-9,11,13,18-19,39H,12,14-17H2,(H2,31,36)(H,33,40). The van der Waals surface area contributed by atoms with Crippen LogP contribution in [-0.4, -0.2) is 63.9 Å². The zero-order valence-corrected chi connectivity index (χ0v) is 22.0. The second-order valence-corrected chi connectivity index (χ2v) is 9.36. The van der Waals surface area contributed by atoms with Crippen LogP contribution in [-0.2, 0) is 0 Å². The molecule has 0 bridgehead atoms. The molecule has 0 aliphatic carbocycles. The molecule has 11 heteroatoms. The van der Waals surface area contributed by atoms with Gasteiger partial charge in [-0.2, -0.15) is 0 Å².